The molecule has 10 nitrogen and oxygen atoms in total. The number of fused-ring (bicyclic) bond motifs is 1. The topological polar surface area (TPSA) is 105 Å². The van der Waals surface area contributed by atoms with E-state index in [-0.39, 0.29) is 5.91 Å². The lowest BCUT2D eigenvalue weighted by molar-refractivity contribution is 0.102. The molecule has 1 aliphatic rings. The van der Waals surface area contributed by atoms with E-state index in [0.29, 0.717) is 34.1 Å². The van der Waals surface area contributed by atoms with Crippen LogP contribution in [0.5, 0.6) is 11.5 Å². The Bertz CT molecular complexity index is 1730. The minimum Gasteiger partial charge on any atom is -0.496 e. The molecule has 5 aromatic rings. The van der Waals surface area contributed by atoms with Crippen molar-refractivity contribution in [3.63, 3.8) is 0 Å². The van der Waals surface area contributed by atoms with Gasteiger partial charge in [0.1, 0.15) is 23.6 Å². The molecule has 1 fully saturated rings. The van der Waals surface area contributed by atoms with Gasteiger partial charge in [-0.3, -0.25) is 4.79 Å². The van der Waals surface area contributed by atoms with Crippen molar-refractivity contribution in [2.45, 2.75) is 6.92 Å². The average Bonchev–Trinajstić information content (AvgIpc) is 3.49. The van der Waals surface area contributed by atoms with E-state index in [1.165, 1.54) is 23.4 Å². The molecule has 12 heteroatoms. The number of carbonyl (C=O) groups is 1. The van der Waals surface area contributed by atoms with Crippen LogP contribution in [0, 0.1) is 10.5 Å². The summed E-state index contributed by atoms with van der Waals surface area (Å²) in [5.74, 6) is 2.67. The second kappa shape index (κ2) is 12.6. The van der Waals surface area contributed by atoms with Crippen molar-refractivity contribution < 1.29 is 14.3 Å². The quantitative estimate of drug-likeness (QED) is 0.179. The van der Waals surface area contributed by atoms with Crippen LogP contribution in [-0.2, 0) is 0 Å². The summed E-state index contributed by atoms with van der Waals surface area (Å²) in [5, 5.41) is 8.28. The molecular formula is C31H30IN7O3S. The van der Waals surface area contributed by atoms with Crippen LogP contribution in [0.2, 0.25) is 0 Å². The number of carbonyl (C=O) groups excluding carboxylic acids is 1. The average molecular weight is 708 g/mol. The summed E-state index contributed by atoms with van der Waals surface area (Å²) in [7, 11) is 3.19. The molecule has 6 rings (SSSR count). The zero-order valence-corrected chi connectivity index (χ0v) is 26.9. The largest absolute Gasteiger partial charge is 0.496 e. The van der Waals surface area contributed by atoms with E-state index < -0.39 is 0 Å². The van der Waals surface area contributed by atoms with Crippen molar-refractivity contribution in [2.75, 3.05) is 60.8 Å². The molecule has 43 heavy (non-hydrogen) atoms. The Morgan fingerprint density at radius 3 is 2.40 bits per heavy atom. The predicted octanol–water partition coefficient (Wildman–Crippen LogP) is 6.34. The lowest BCUT2D eigenvalue weighted by Crippen LogP contribution is -2.46. The Hall–Kier alpha value is -4.17. The number of ether oxygens (including phenoxy) is 2. The molecule has 1 aliphatic heterocycles. The van der Waals surface area contributed by atoms with E-state index in [1.807, 2.05) is 36.7 Å². The first-order valence-electron chi connectivity index (χ1n) is 13.7. The molecule has 1 amide bonds. The Kier molecular flexibility index (Phi) is 8.47. The van der Waals surface area contributed by atoms with Gasteiger partial charge in [-0.15, -0.1) is 11.3 Å². The van der Waals surface area contributed by atoms with Crippen LogP contribution in [0.3, 0.4) is 0 Å². The van der Waals surface area contributed by atoms with Gasteiger partial charge in [0.15, 0.2) is 5.82 Å². The van der Waals surface area contributed by atoms with Gasteiger partial charge in [0.2, 0.25) is 0 Å². The third kappa shape index (κ3) is 5.89. The zero-order valence-electron chi connectivity index (χ0n) is 23.9. The van der Waals surface area contributed by atoms with Gasteiger partial charge in [0.25, 0.3) is 5.91 Å². The lowest BCUT2D eigenvalue weighted by atomic mass is 10.1. The van der Waals surface area contributed by atoms with Gasteiger partial charge in [-0.05, 0) is 65.9 Å². The number of halogens is 1. The fourth-order valence-electron chi connectivity index (χ4n) is 5.12. The van der Waals surface area contributed by atoms with E-state index in [2.05, 4.69) is 88.3 Å². The van der Waals surface area contributed by atoms with E-state index in [9.17, 15) is 4.79 Å². The van der Waals surface area contributed by atoms with Crippen molar-refractivity contribution >= 4 is 78.7 Å². The normalized spacial score (nSPS) is 13.2. The van der Waals surface area contributed by atoms with Gasteiger partial charge < -0.3 is 29.9 Å². The highest BCUT2D eigenvalue weighted by Gasteiger charge is 2.22. The number of thiophene rings is 1. The number of benzene rings is 2. The number of nitrogens with zero attached hydrogens (tertiary/aromatic N) is 5. The highest BCUT2D eigenvalue weighted by Crippen LogP contribution is 2.39. The second-order valence-electron chi connectivity index (χ2n) is 9.93. The highest BCUT2D eigenvalue weighted by atomic mass is 127. The van der Waals surface area contributed by atoms with Crippen LogP contribution in [-0.4, -0.2) is 61.3 Å². The van der Waals surface area contributed by atoms with Crippen molar-refractivity contribution in [3.05, 3.63) is 81.1 Å². The molecule has 2 N–H and O–H groups in total. The highest BCUT2D eigenvalue weighted by molar-refractivity contribution is 14.1. The number of methoxy groups -OCH3 is 2. The predicted molar refractivity (Wildman–Crippen MR) is 181 cm³/mol. The van der Waals surface area contributed by atoms with Crippen LogP contribution in [0.1, 0.15) is 15.9 Å². The van der Waals surface area contributed by atoms with E-state index in [4.69, 9.17) is 9.47 Å². The molecule has 0 bridgehead atoms. The summed E-state index contributed by atoms with van der Waals surface area (Å²) in [6.45, 7) is 5.61. The number of hydrogen-bond acceptors (Lipinski definition) is 10. The Labute approximate surface area is 267 Å². The van der Waals surface area contributed by atoms with Crippen LogP contribution in [0.25, 0.3) is 10.2 Å². The number of hydrogen-bond donors (Lipinski definition) is 2. The molecule has 0 radical (unpaired) electrons. The fraction of sp³-hybridized carbons (Fsp3) is 0.226. The minimum absolute atomic E-state index is 0.264. The van der Waals surface area contributed by atoms with E-state index in [0.717, 1.165) is 51.5 Å². The summed E-state index contributed by atoms with van der Waals surface area (Å²) >= 11 is 3.60. The standard InChI is InChI=1S/C31H30IN7O3S/c1-19-23(41-2)16-24(42-3)26(32)27(19)37-31(40)22-17-43-29-28(22)34-18-35-30(29)36-20-7-9-21(10-8-20)38-12-14-39(15-13-38)25-6-4-5-11-33-25/h4-11,16-18H,12-15H2,1-3H3,(H,37,40)(H,34,35,36). The summed E-state index contributed by atoms with van der Waals surface area (Å²) in [5.41, 5.74) is 4.60. The summed E-state index contributed by atoms with van der Waals surface area (Å²) < 4.78 is 12.6. The first-order valence-corrected chi connectivity index (χ1v) is 15.6. The third-order valence-electron chi connectivity index (χ3n) is 7.47. The number of pyridine rings is 1. The van der Waals surface area contributed by atoms with E-state index >= 15 is 0 Å². The number of nitrogens with one attached hydrogen (secondary N) is 2. The molecule has 3 aromatic heterocycles. The van der Waals surface area contributed by atoms with Crippen LogP contribution >= 0.6 is 33.9 Å². The Balaban J connectivity index is 1.16. The molecular weight excluding hydrogens is 677 g/mol. The number of rotatable bonds is 8. The molecule has 0 spiro atoms. The number of amides is 1. The molecule has 1 saturated heterocycles. The van der Waals surface area contributed by atoms with Gasteiger partial charge in [0.05, 0.1) is 39.3 Å². The second-order valence-corrected chi connectivity index (χ2v) is 11.9. The fourth-order valence-corrected chi connectivity index (χ4v) is 6.98. The number of piperazine rings is 1. The van der Waals surface area contributed by atoms with Crippen molar-refractivity contribution in [1.29, 1.82) is 0 Å². The van der Waals surface area contributed by atoms with E-state index in [1.54, 1.807) is 14.2 Å². The van der Waals surface area contributed by atoms with Crippen LogP contribution in [0.15, 0.2) is 66.4 Å². The maximum Gasteiger partial charge on any atom is 0.258 e. The first-order chi connectivity index (χ1) is 21.0. The third-order valence-corrected chi connectivity index (χ3v) is 9.51. The molecule has 220 valence electrons. The Morgan fingerprint density at radius 2 is 1.70 bits per heavy atom. The lowest BCUT2D eigenvalue weighted by Gasteiger charge is -2.36. The minimum atomic E-state index is -0.264. The van der Waals surface area contributed by atoms with Gasteiger partial charge in [-0.25, -0.2) is 15.0 Å². The molecule has 2 aromatic carbocycles. The van der Waals surface area contributed by atoms with Crippen LogP contribution in [0.4, 0.5) is 28.7 Å². The van der Waals surface area contributed by atoms with Crippen LogP contribution < -0.4 is 29.9 Å². The Morgan fingerprint density at radius 1 is 0.953 bits per heavy atom. The molecule has 0 saturated carbocycles. The molecule has 0 unspecified atom stereocenters. The van der Waals surface area contributed by atoms with Gasteiger partial charge in [-0.2, -0.15) is 0 Å². The summed E-state index contributed by atoms with van der Waals surface area (Å²) in [4.78, 5) is 31.6. The maximum atomic E-state index is 13.5. The number of aromatic nitrogens is 3. The van der Waals surface area contributed by atoms with Crippen molar-refractivity contribution in [3.8, 4) is 11.5 Å². The maximum absolute atomic E-state index is 13.5. The SMILES string of the molecule is COc1cc(OC)c(I)c(NC(=O)c2csc3c(Nc4ccc(N5CCN(c6ccccn6)CC5)cc4)ncnc23)c1C. The van der Waals surface area contributed by atoms with Gasteiger partial charge >= 0.3 is 0 Å². The summed E-state index contributed by atoms with van der Waals surface area (Å²) in [6, 6.07) is 16.2. The molecule has 4 heterocycles. The molecule has 0 aliphatic carbocycles. The molecule has 0 atom stereocenters. The van der Waals surface area contributed by atoms with Crippen molar-refractivity contribution in [1.82, 2.24) is 15.0 Å². The van der Waals surface area contributed by atoms with Gasteiger partial charge in [0, 0.05) is 60.8 Å². The zero-order chi connectivity index (χ0) is 29.9. The van der Waals surface area contributed by atoms with Crippen molar-refractivity contribution in [2.24, 2.45) is 0 Å². The smallest absolute Gasteiger partial charge is 0.258 e. The summed E-state index contributed by atoms with van der Waals surface area (Å²) in [6.07, 6.45) is 3.32. The van der Waals surface area contributed by atoms with Gasteiger partial charge in [-0.1, -0.05) is 6.07 Å². The number of anilines is 5. The monoisotopic (exact) mass is 707 g/mol. The first kappa shape index (κ1) is 28.9.